The molecule has 0 atom stereocenters. The molecule has 0 bridgehead atoms. The maximum absolute atomic E-state index is 12.2. The normalized spacial score (nSPS) is 13.5. The van der Waals surface area contributed by atoms with Gasteiger partial charge in [0.2, 0.25) is 5.91 Å². The standard InChI is InChI=1S/C16H15NO2/c1-19-14-9-5-8-13-10-15(18)17(16(13)14)11-12-6-3-2-4-7-12/h2-9H,10-11H2,1H3. The number of para-hydroxylation sites is 1. The zero-order valence-corrected chi connectivity index (χ0v) is 10.8. The molecule has 0 unspecified atom stereocenters. The van der Waals surface area contributed by atoms with Crippen molar-refractivity contribution in [3.63, 3.8) is 0 Å². The Kier molecular flexibility index (Phi) is 2.95. The lowest BCUT2D eigenvalue weighted by atomic mass is 10.1. The molecule has 19 heavy (non-hydrogen) atoms. The summed E-state index contributed by atoms with van der Waals surface area (Å²) in [6, 6.07) is 15.8. The summed E-state index contributed by atoms with van der Waals surface area (Å²) < 4.78 is 5.38. The van der Waals surface area contributed by atoms with Gasteiger partial charge >= 0.3 is 0 Å². The summed E-state index contributed by atoms with van der Waals surface area (Å²) in [5.74, 6) is 0.891. The van der Waals surface area contributed by atoms with Crippen LogP contribution in [0.4, 0.5) is 5.69 Å². The number of anilines is 1. The van der Waals surface area contributed by atoms with Crippen LogP contribution in [-0.4, -0.2) is 13.0 Å². The molecule has 0 aromatic heterocycles. The summed E-state index contributed by atoms with van der Waals surface area (Å²) >= 11 is 0. The van der Waals surface area contributed by atoms with E-state index in [0.717, 1.165) is 22.6 Å². The minimum absolute atomic E-state index is 0.128. The molecular formula is C16H15NO2. The zero-order valence-electron chi connectivity index (χ0n) is 10.8. The van der Waals surface area contributed by atoms with Crippen molar-refractivity contribution >= 4 is 11.6 Å². The predicted molar refractivity (Wildman–Crippen MR) is 74.3 cm³/mol. The second-order valence-electron chi connectivity index (χ2n) is 4.61. The molecule has 3 heteroatoms. The molecule has 1 heterocycles. The number of amides is 1. The van der Waals surface area contributed by atoms with Gasteiger partial charge in [0.05, 0.1) is 25.8 Å². The van der Waals surface area contributed by atoms with Gasteiger partial charge in [-0.25, -0.2) is 0 Å². The van der Waals surface area contributed by atoms with Crippen LogP contribution in [0, 0.1) is 0 Å². The average Bonchev–Trinajstić information content (AvgIpc) is 2.76. The monoisotopic (exact) mass is 253 g/mol. The second-order valence-corrected chi connectivity index (χ2v) is 4.61. The van der Waals surface area contributed by atoms with E-state index in [-0.39, 0.29) is 5.91 Å². The number of carbonyl (C=O) groups excluding carboxylic acids is 1. The highest BCUT2D eigenvalue weighted by atomic mass is 16.5. The highest BCUT2D eigenvalue weighted by molar-refractivity contribution is 6.03. The van der Waals surface area contributed by atoms with Crippen LogP contribution in [-0.2, 0) is 17.8 Å². The van der Waals surface area contributed by atoms with Crippen LogP contribution >= 0.6 is 0 Å². The van der Waals surface area contributed by atoms with E-state index in [1.165, 1.54) is 0 Å². The topological polar surface area (TPSA) is 29.5 Å². The number of methoxy groups -OCH3 is 1. The average molecular weight is 253 g/mol. The predicted octanol–water partition coefficient (Wildman–Crippen LogP) is 2.78. The zero-order chi connectivity index (χ0) is 13.2. The van der Waals surface area contributed by atoms with Gasteiger partial charge in [0.1, 0.15) is 5.75 Å². The van der Waals surface area contributed by atoms with Crippen molar-refractivity contribution in [3.05, 3.63) is 59.7 Å². The molecule has 3 nitrogen and oxygen atoms in total. The van der Waals surface area contributed by atoms with Gasteiger partial charge < -0.3 is 9.64 Å². The van der Waals surface area contributed by atoms with Gasteiger partial charge in [0.15, 0.2) is 0 Å². The Hall–Kier alpha value is -2.29. The first-order valence-corrected chi connectivity index (χ1v) is 6.30. The van der Waals surface area contributed by atoms with E-state index in [1.54, 1.807) is 7.11 Å². The quantitative estimate of drug-likeness (QED) is 0.841. The molecule has 1 aliphatic heterocycles. The molecular weight excluding hydrogens is 238 g/mol. The Labute approximate surface area is 112 Å². The van der Waals surface area contributed by atoms with Gasteiger partial charge in [0.25, 0.3) is 0 Å². The van der Waals surface area contributed by atoms with Gasteiger partial charge in [0, 0.05) is 0 Å². The smallest absolute Gasteiger partial charge is 0.231 e. The second kappa shape index (κ2) is 4.76. The van der Waals surface area contributed by atoms with Crippen LogP contribution < -0.4 is 9.64 Å². The fourth-order valence-corrected chi connectivity index (χ4v) is 2.50. The van der Waals surface area contributed by atoms with Crippen LogP contribution in [0.1, 0.15) is 11.1 Å². The molecule has 0 saturated heterocycles. The molecule has 2 aromatic carbocycles. The highest BCUT2D eigenvalue weighted by Crippen LogP contribution is 2.38. The Morgan fingerprint density at radius 1 is 1.11 bits per heavy atom. The number of rotatable bonds is 3. The van der Waals surface area contributed by atoms with Crippen LogP contribution in [0.3, 0.4) is 0 Å². The molecule has 0 radical (unpaired) electrons. The summed E-state index contributed by atoms with van der Waals surface area (Å²) in [6.07, 6.45) is 0.458. The number of nitrogens with zero attached hydrogens (tertiary/aromatic N) is 1. The van der Waals surface area contributed by atoms with Crippen molar-refractivity contribution in [1.29, 1.82) is 0 Å². The lowest BCUT2D eigenvalue weighted by molar-refractivity contribution is -0.117. The van der Waals surface area contributed by atoms with Crippen LogP contribution in [0.2, 0.25) is 0 Å². The number of hydrogen-bond acceptors (Lipinski definition) is 2. The van der Waals surface area contributed by atoms with E-state index >= 15 is 0 Å². The molecule has 2 aromatic rings. The third kappa shape index (κ3) is 2.08. The van der Waals surface area contributed by atoms with E-state index in [9.17, 15) is 4.79 Å². The molecule has 0 saturated carbocycles. The molecule has 1 aliphatic rings. The fraction of sp³-hybridized carbons (Fsp3) is 0.188. The number of ether oxygens (including phenoxy) is 1. The van der Waals surface area contributed by atoms with Gasteiger partial charge in [-0.05, 0) is 17.2 Å². The number of fused-ring (bicyclic) bond motifs is 1. The molecule has 0 fully saturated rings. The van der Waals surface area contributed by atoms with Crippen LogP contribution in [0.5, 0.6) is 5.75 Å². The summed E-state index contributed by atoms with van der Waals surface area (Å²) in [5.41, 5.74) is 3.08. The third-order valence-corrected chi connectivity index (χ3v) is 3.40. The summed E-state index contributed by atoms with van der Waals surface area (Å²) in [4.78, 5) is 14.0. The van der Waals surface area contributed by atoms with Gasteiger partial charge in [-0.2, -0.15) is 0 Å². The number of hydrogen-bond donors (Lipinski definition) is 0. The molecule has 3 rings (SSSR count). The third-order valence-electron chi connectivity index (χ3n) is 3.40. The van der Waals surface area contributed by atoms with Crippen molar-refractivity contribution in [2.45, 2.75) is 13.0 Å². The number of carbonyl (C=O) groups is 1. The Morgan fingerprint density at radius 3 is 2.63 bits per heavy atom. The van der Waals surface area contributed by atoms with Crippen molar-refractivity contribution in [2.24, 2.45) is 0 Å². The lowest BCUT2D eigenvalue weighted by Gasteiger charge is -2.19. The summed E-state index contributed by atoms with van der Waals surface area (Å²) in [5, 5.41) is 0. The van der Waals surface area contributed by atoms with Crippen molar-refractivity contribution in [2.75, 3.05) is 12.0 Å². The molecule has 0 spiro atoms. The van der Waals surface area contributed by atoms with Gasteiger partial charge in [-0.15, -0.1) is 0 Å². The lowest BCUT2D eigenvalue weighted by Crippen LogP contribution is -2.26. The Bertz CT molecular complexity index is 607. The van der Waals surface area contributed by atoms with E-state index < -0.39 is 0 Å². The minimum atomic E-state index is 0.128. The summed E-state index contributed by atoms with van der Waals surface area (Å²) in [7, 11) is 1.64. The first-order chi connectivity index (χ1) is 9.29. The van der Waals surface area contributed by atoms with Crippen LogP contribution in [0.25, 0.3) is 0 Å². The Morgan fingerprint density at radius 2 is 1.89 bits per heavy atom. The molecule has 0 N–H and O–H groups in total. The maximum atomic E-state index is 12.2. The summed E-state index contributed by atoms with van der Waals surface area (Å²) in [6.45, 7) is 0.590. The fourth-order valence-electron chi connectivity index (χ4n) is 2.50. The largest absolute Gasteiger partial charge is 0.495 e. The van der Waals surface area contributed by atoms with Crippen molar-refractivity contribution < 1.29 is 9.53 Å². The Balaban J connectivity index is 1.98. The highest BCUT2D eigenvalue weighted by Gasteiger charge is 2.30. The van der Waals surface area contributed by atoms with E-state index in [2.05, 4.69) is 0 Å². The maximum Gasteiger partial charge on any atom is 0.231 e. The molecule has 96 valence electrons. The van der Waals surface area contributed by atoms with Gasteiger partial charge in [-0.3, -0.25) is 4.79 Å². The first kappa shape index (κ1) is 11.8. The van der Waals surface area contributed by atoms with Crippen molar-refractivity contribution in [1.82, 2.24) is 0 Å². The van der Waals surface area contributed by atoms with Crippen molar-refractivity contribution in [3.8, 4) is 5.75 Å². The van der Waals surface area contributed by atoms with Crippen LogP contribution in [0.15, 0.2) is 48.5 Å². The van der Waals surface area contributed by atoms with E-state index in [0.29, 0.717) is 13.0 Å². The number of benzene rings is 2. The minimum Gasteiger partial charge on any atom is -0.495 e. The van der Waals surface area contributed by atoms with Gasteiger partial charge in [-0.1, -0.05) is 42.5 Å². The SMILES string of the molecule is COc1cccc2c1N(Cc1ccccc1)C(=O)C2. The van der Waals surface area contributed by atoms with E-state index in [1.807, 2.05) is 53.4 Å². The first-order valence-electron chi connectivity index (χ1n) is 6.30. The molecule has 0 aliphatic carbocycles. The molecule has 1 amide bonds. The van der Waals surface area contributed by atoms with E-state index in [4.69, 9.17) is 4.74 Å².